The minimum Gasteiger partial charge on any atom is -0.461 e. The number of furan rings is 1. The molecule has 4 aromatic rings. The largest absolute Gasteiger partial charge is 0.461 e. The number of benzene rings is 1. The molecule has 1 amide bonds. The van der Waals surface area contributed by atoms with E-state index >= 15 is 0 Å². The Balaban J connectivity index is 1.38. The molecule has 0 saturated heterocycles. The molecule has 0 spiro atoms. The van der Waals surface area contributed by atoms with E-state index in [0.29, 0.717) is 18.1 Å². The van der Waals surface area contributed by atoms with Crippen LogP contribution in [-0.2, 0) is 6.54 Å². The first kappa shape index (κ1) is 17.3. The summed E-state index contributed by atoms with van der Waals surface area (Å²) in [5.41, 5.74) is 1.02. The summed E-state index contributed by atoms with van der Waals surface area (Å²) in [7, 11) is 0. The second-order valence-corrected chi connectivity index (χ2v) is 7.05. The molecule has 0 fully saturated rings. The van der Waals surface area contributed by atoms with E-state index in [4.69, 9.17) is 8.94 Å². The van der Waals surface area contributed by atoms with Gasteiger partial charge in [0.2, 0.25) is 5.76 Å². The van der Waals surface area contributed by atoms with Gasteiger partial charge in [-0.25, -0.2) is 0 Å². The monoisotopic (exact) mass is 380 g/mol. The van der Waals surface area contributed by atoms with Gasteiger partial charge in [0, 0.05) is 15.8 Å². The Kier molecular flexibility index (Phi) is 4.86. The summed E-state index contributed by atoms with van der Waals surface area (Å²) in [5.74, 6) is 0.573. The number of carbonyl (C=O) groups excluding carboxylic acids is 1. The number of amides is 1. The Labute approximate surface area is 159 Å². The highest BCUT2D eigenvalue weighted by Crippen LogP contribution is 2.28. The minimum absolute atomic E-state index is 0.183. The Morgan fingerprint density at radius 1 is 1.11 bits per heavy atom. The van der Waals surface area contributed by atoms with Gasteiger partial charge in [0.25, 0.3) is 5.91 Å². The molecule has 0 radical (unpaired) electrons. The molecule has 3 aromatic heterocycles. The molecule has 0 aliphatic rings. The smallest absolute Gasteiger partial charge is 0.273 e. The number of nitrogens with zero attached hydrogens (tertiary/aromatic N) is 1. The lowest BCUT2D eigenvalue weighted by molar-refractivity contribution is 0.0942. The van der Waals surface area contributed by atoms with Crippen molar-refractivity contribution in [3.05, 3.63) is 87.9 Å². The van der Waals surface area contributed by atoms with Crippen LogP contribution >= 0.6 is 11.3 Å². The molecule has 27 heavy (non-hydrogen) atoms. The predicted molar refractivity (Wildman–Crippen MR) is 100 cm³/mol. The first-order valence-electron chi connectivity index (χ1n) is 8.31. The molecular formula is C20H16N2O4S. The molecule has 0 saturated carbocycles. The summed E-state index contributed by atoms with van der Waals surface area (Å²) in [6, 6.07) is 18.2. The summed E-state index contributed by atoms with van der Waals surface area (Å²) >= 11 is 1.45. The highest BCUT2D eigenvalue weighted by molar-refractivity contribution is 7.12. The molecular weight excluding hydrogens is 364 g/mol. The first-order valence-corrected chi connectivity index (χ1v) is 9.13. The van der Waals surface area contributed by atoms with Crippen LogP contribution in [0, 0.1) is 0 Å². The number of aliphatic hydroxyl groups is 1. The lowest BCUT2D eigenvalue weighted by Crippen LogP contribution is -2.22. The maximum atomic E-state index is 12.3. The van der Waals surface area contributed by atoms with Gasteiger partial charge in [-0.2, -0.15) is 0 Å². The average molecular weight is 380 g/mol. The molecule has 0 bridgehead atoms. The van der Waals surface area contributed by atoms with E-state index in [0.717, 1.165) is 15.3 Å². The summed E-state index contributed by atoms with van der Waals surface area (Å²) in [5, 5.41) is 17.0. The van der Waals surface area contributed by atoms with Gasteiger partial charge in [0.1, 0.15) is 6.10 Å². The predicted octanol–water partition coefficient (Wildman–Crippen LogP) is 4.01. The maximum absolute atomic E-state index is 12.3. The number of thiophene rings is 1. The standard InChI is InChI=1S/C20H16N2O4S/c23-19(13-5-2-1-3-6-13)18-9-8-14(27-18)12-21-20(24)15-11-17(26-22-15)16-7-4-10-25-16/h1-11,19,23H,12H2,(H,21,24). The Hall–Kier alpha value is -3.16. The molecule has 0 aliphatic heterocycles. The highest BCUT2D eigenvalue weighted by atomic mass is 32.1. The van der Waals surface area contributed by atoms with E-state index in [1.54, 1.807) is 12.1 Å². The Morgan fingerprint density at radius 3 is 2.74 bits per heavy atom. The molecule has 3 heterocycles. The van der Waals surface area contributed by atoms with E-state index in [9.17, 15) is 9.90 Å². The van der Waals surface area contributed by atoms with Crippen molar-refractivity contribution >= 4 is 17.2 Å². The van der Waals surface area contributed by atoms with Crippen molar-refractivity contribution in [2.75, 3.05) is 0 Å². The third-order valence-electron chi connectivity index (χ3n) is 4.00. The van der Waals surface area contributed by atoms with Crippen LogP contribution in [0.2, 0.25) is 0 Å². The van der Waals surface area contributed by atoms with Crippen LogP contribution in [0.5, 0.6) is 0 Å². The van der Waals surface area contributed by atoms with Crippen LogP contribution in [0.4, 0.5) is 0 Å². The van der Waals surface area contributed by atoms with Crippen molar-refractivity contribution < 1.29 is 18.8 Å². The molecule has 1 unspecified atom stereocenters. The number of rotatable bonds is 6. The third-order valence-corrected chi connectivity index (χ3v) is 5.13. The van der Waals surface area contributed by atoms with E-state index < -0.39 is 6.10 Å². The van der Waals surface area contributed by atoms with Crippen molar-refractivity contribution in [1.82, 2.24) is 10.5 Å². The highest BCUT2D eigenvalue weighted by Gasteiger charge is 2.16. The van der Waals surface area contributed by atoms with Crippen LogP contribution in [0.3, 0.4) is 0 Å². The Bertz CT molecular complexity index is 1020. The van der Waals surface area contributed by atoms with Gasteiger partial charge >= 0.3 is 0 Å². The number of aliphatic hydroxyl groups excluding tert-OH is 1. The molecule has 2 N–H and O–H groups in total. The van der Waals surface area contributed by atoms with Gasteiger partial charge in [-0.15, -0.1) is 11.3 Å². The summed E-state index contributed by atoms with van der Waals surface area (Å²) in [6.07, 6.45) is 0.850. The van der Waals surface area contributed by atoms with Gasteiger partial charge in [-0.3, -0.25) is 4.79 Å². The summed E-state index contributed by atoms with van der Waals surface area (Å²) in [4.78, 5) is 14.0. The normalized spacial score (nSPS) is 12.0. The van der Waals surface area contributed by atoms with Crippen LogP contribution in [0.15, 0.2) is 75.9 Å². The number of carbonyl (C=O) groups is 1. The van der Waals surface area contributed by atoms with Crippen LogP contribution in [-0.4, -0.2) is 16.2 Å². The van der Waals surface area contributed by atoms with Gasteiger partial charge in [-0.1, -0.05) is 35.5 Å². The SMILES string of the molecule is O=C(NCc1ccc(C(O)c2ccccc2)s1)c1cc(-c2ccco2)on1. The molecule has 136 valence electrons. The van der Waals surface area contributed by atoms with Gasteiger partial charge < -0.3 is 19.4 Å². The van der Waals surface area contributed by atoms with E-state index in [1.165, 1.54) is 23.7 Å². The maximum Gasteiger partial charge on any atom is 0.273 e. The number of aromatic nitrogens is 1. The molecule has 7 heteroatoms. The lowest BCUT2D eigenvalue weighted by Gasteiger charge is -2.08. The van der Waals surface area contributed by atoms with E-state index in [2.05, 4.69) is 10.5 Å². The molecule has 6 nitrogen and oxygen atoms in total. The number of nitrogens with one attached hydrogen (secondary N) is 1. The molecule has 4 rings (SSSR count). The zero-order valence-electron chi connectivity index (χ0n) is 14.2. The minimum atomic E-state index is -0.674. The lowest BCUT2D eigenvalue weighted by atomic mass is 10.1. The van der Waals surface area contributed by atoms with Crippen molar-refractivity contribution in [3.63, 3.8) is 0 Å². The second-order valence-electron chi connectivity index (χ2n) is 5.85. The van der Waals surface area contributed by atoms with Crippen molar-refractivity contribution in [1.29, 1.82) is 0 Å². The average Bonchev–Trinajstić information content (AvgIpc) is 3.47. The van der Waals surface area contributed by atoms with Crippen LogP contribution in [0.1, 0.15) is 31.9 Å². The van der Waals surface area contributed by atoms with Gasteiger partial charge in [0.15, 0.2) is 11.5 Å². The quantitative estimate of drug-likeness (QED) is 0.528. The fraction of sp³-hybridized carbons (Fsp3) is 0.100. The fourth-order valence-electron chi connectivity index (χ4n) is 2.61. The molecule has 1 aromatic carbocycles. The summed E-state index contributed by atoms with van der Waals surface area (Å²) < 4.78 is 10.3. The van der Waals surface area contributed by atoms with Crippen LogP contribution in [0.25, 0.3) is 11.5 Å². The summed E-state index contributed by atoms with van der Waals surface area (Å²) in [6.45, 7) is 0.341. The molecule has 1 atom stereocenters. The van der Waals surface area contributed by atoms with Crippen LogP contribution < -0.4 is 5.32 Å². The molecule has 0 aliphatic carbocycles. The van der Waals surface area contributed by atoms with Gasteiger partial charge in [-0.05, 0) is 29.8 Å². The zero-order valence-corrected chi connectivity index (χ0v) is 15.0. The van der Waals surface area contributed by atoms with Crippen molar-refractivity contribution in [2.45, 2.75) is 12.6 Å². The fourth-order valence-corrected chi connectivity index (χ4v) is 3.58. The topological polar surface area (TPSA) is 88.5 Å². The third kappa shape index (κ3) is 3.84. The van der Waals surface area contributed by atoms with E-state index in [-0.39, 0.29) is 11.6 Å². The zero-order chi connectivity index (χ0) is 18.6. The second kappa shape index (κ2) is 7.61. The van der Waals surface area contributed by atoms with E-state index in [1.807, 2.05) is 42.5 Å². The van der Waals surface area contributed by atoms with Crippen molar-refractivity contribution in [2.24, 2.45) is 0 Å². The number of hydrogen-bond acceptors (Lipinski definition) is 6. The van der Waals surface area contributed by atoms with Gasteiger partial charge in [0.05, 0.1) is 12.8 Å². The van der Waals surface area contributed by atoms with Crippen molar-refractivity contribution in [3.8, 4) is 11.5 Å². The first-order chi connectivity index (χ1) is 13.2. The number of hydrogen-bond donors (Lipinski definition) is 2. The Morgan fingerprint density at radius 2 is 1.96 bits per heavy atom.